The highest BCUT2D eigenvalue weighted by Crippen LogP contribution is 2.18. The third-order valence-electron chi connectivity index (χ3n) is 2.57. The monoisotopic (exact) mass is 280 g/mol. The van der Waals surface area contributed by atoms with Crippen molar-refractivity contribution in [1.29, 1.82) is 5.26 Å². The fourth-order valence-electron chi connectivity index (χ4n) is 1.61. The molecule has 1 amide bonds. The summed E-state index contributed by atoms with van der Waals surface area (Å²) < 4.78 is 0. The highest BCUT2D eigenvalue weighted by molar-refractivity contribution is 6.33. The Labute approximate surface area is 118 Å². The van der Waals surface area contributed by atoms with Crippen LogP contribution in [-0.4, -0.2) is 35.4 Å². The second-order valence-corrected chi connectivity index (χ2v) is 4.26. The zero-order valence-corrected chi connectivity index (χ0v) is 11.9. The summed E-state index contributed by atoms with van der Waals surface area (Å²) in [5, 5.41) is 12.0. The van der Waals surface area contributed by atoms with Gasteiger partial charge in [-0.15, -0.1) is 0 Å². The van der Waals surface area contributed by atoms with Crippen molar-refractivity contribution in [1.82, 2.24) is 9.88 Å². The molecule has 19 heavy (non-hydrogen) atoms. The van der Waals surface area contributed by atoms with Crippen LogP contribution in [0.4, 0.5) is 5.82 Å². The van der Waals surface area contributed by atoms with Crippen molar-refractivity contribution < 1.29 is 4.79 Å². The van der Waals surface area contributed by atoms with Crippen molar-refractivity contribution in [2.45, 2.75) is 20.3 Å². The molecular weight excluding hydrogens is 264 g/mol. The summed E-state index contributed by atoms with van der Waals surface area (Å²) in [7, 11) is 0. The normalized spacial score (nSPS) is 9.79. The fourth-order valence-corrected chi connectivity index (χ4v) is 1.80. The van der Waals surface area contributed by atoms with E-state index in [1.807, 2.05) is 19.9 Å². The van der Waals surface area contributed by atoms with Crippen LogP contribution in [-0.2, 0) is 0 Å². The lowest BCUT2D eigenvalue weighted by Crippen LogP contribution is -2.32. The van der Waals surface area contributed by atoms with E-state index in [-0.39, 0.29) is 11.6 Å². The second-order valence-electron chi connectivity index (χ2n) is 3.85. The third-order valence-corrected chi connectivity index (χ3v) is 2.87. The van der Waals surface area contributed by atoms with Crippen LogP contribution >= 0.6 is 11.6 Å². The van der Waals surface area contributed by atoms with Crippen LogP contribution in [0.2, 0.25) is 5.02 Å². The molecule has 6 heteroatoms. The quantitative estimate of drug-likeness (QED) is 0.869. The molecule has 0 unspecified atom stereocenters. The number of nitrogens with one attached hydrogen (secondary N) is 1. The van der Waals surface area contributed by atoms with Gasteiger partial charge in [-0.25, -0.2) is 4.98 Å². The van der Waals surface area contributed by atoms with Gasteiger partial charge >= 0.3 is 0 Å². The van der Waals surface area contributed by atoms with E-state index >= 15 is 0 Å². The van der Waals surface area contributed by atoms with Crippen LogP contribution in [0.5, 0.6) is 0 Å². The number of nitrogens with zero attached hydrogens (tertiary/aromatic N) is 3. The number of halogens is 1. The molecule has 0 aliphatic rings. The van der Waals surface area contributed by atoms with Crippen molar-refractivity contribution in [3.05, 3.63) is 22.8 Å². The maximum atomic E-state index is 12.3. The molecule has 0 aliphatic carbocycles. The molecule has 1 aromatic rings. The number of anilines is 1. The number of rotatable bonds is 6. The van der Waals surface area contributed by atoms with E-state index in [0.29, 0.717) is 36.9 Å². The van der Waals surface area contributed by atoms with Crippen LogP contribution in [0, 0.1) is 11.3 Å². The lowest BCUT2D eigenvalue weighted by atomic mass is 10.3. The van der Waals surface area contributed by atoms with Crippen LogP contribution in [0.15, 0.2) is 12.1 Å². The lowest BCUT2D eigenvalue weighted by Gasteiger charge is -2.19. The van der Waals surface area contributed by atoms with Crippen molar-refractivity contribution in [2.75, 3.05) is 25.0 Å². The summed E-state index contributed by atoms with van der Waals surface area (Å²) in [4.78, 5) is 18.1. The van der Waals surface area contributed by atoms with Crippen LogP contribution < -0.4 is 5.32 Å². The Hall–Kier alpha value is -1.80. The minimum Gasteiger partial charge on any atom is -0.370 e. The molecule has 0 aromatic carbocycles. The topological polar surface area (TPSA) is 69.0 Å². The first-order valence-corrected chi connectivity index (χ1v) is 6.58. The standard InChI is InChI=1S/C13H17ClN4O/c1-3-16-11-7-6-10(14)12(17-11)13(19)18(4-2)9-5-8-15/h6-7H,3-5,9H2,1-2H3,(H,16,17). The molecule has 1 N–H and O–H groups in total. The van der Waals surface area contributed by atoms with Gasteiger partial charge in [-0.1, -0.05) is 11.6 Å². The van der Waals surface area contributed by atoms with E-state index in [1.54, 1.807) is 17.0 Å². The van der Waals surface area contributed by atoms with Crippen LogP contribution in [0.1, 0.15) is 30.8 Å². The predicted molar refractivity (Wildman–Crippen MR) is 75.2 cm³/mol. The number of nitriles is 1. The third kappa shape index (κ3) is 4.11. The van der Waals surface area contributed by atoms with E-state index in [2.05, 4.69) is 10.3 Å². The maximum absolute atomic E-state index is 12.3. The van der Waals surface area contributed by atoms with Crippen molar-refractivity contribution in [3.63, 3.8) is 0 Å². The zero-order valence-electron chi connectivity index (χ0n) is 11.1. The molecule has 0 aliphatic heterocycles. The van der Waals surface area contributed by atoms with Crippen LogP contribution in [0.3, 0.4) is 0 Å². The minimum atomic E-state index is -0.248. The highest BCUT2D eigenvalue weighted by atomic mass is 35.5. The Bertz CT molecular complexity index is 484. The summed E-state index contributed by atoms with van der Waals surface area (Å²) in [6.07, 6.45) is 0.296. The van der Waals surface area contributed by atoms with Gasteiger partial charge in [0.25, 0.3) is 5.91 Å². The zero-order chi connectivity index (χ0) is 14.3. The Morgan fingerprint density at radius 1 is 1.53 bits per heavy atom. The fraction of sp³-hybridized carbons (Fsp3) is 0.462. The molecule has 0 saturated carbocycles. The Kier molecular flexibility index (Phi) is 6.10. The van der Waals surface area contributed by atoms with Crippen molar-refractivity contribution in [2.24, 2.45) is 0 Å². The molecule has 1 heterocycles. The van der Waals surface area contributed by atoms with Gasteiger partial charge < -0.3 is 10.2 Å². The predicted octanol–water partition coefficient (Wildman–Crippen LogP) is 2.54. The Morgan fingerprint density at radius 2 is 2.26 bits per heavy atom. The lowest BCUT2D eigenvalue weighted by molar-refractivity contribution is 0.0762. The molecule has 1 aromatic heterocycles. The van der Waals surface area contributed by atoms with Gasteiger partial charge in [-0.3, -0.25) is 4.79 Å². The van der Waals surface area contributed by atoms with Gasteiger partial charge in [0.1, 0.15) is 11.5 Å². The average Bonchev–Trinajstić information content (AvgIpc) is 2.42. The largest absolute Gasteiger partial charge is 0.370 e. The number of hydrogen-bond acceptors (Lipinski definition) is 4. The van der Waals surface area contributed by atoms with Gasteiger partial charge in [-0.05, 0) is 26.0 Å². The molecule has 5 nitrogen and oxygen atoms in total. The van der Waals surface area contributed by atoms with Gasteiger partial charge in [0.2, 0.25) is 0 Å². The maximum Gasteiger partial charge on any atom is 0.274 e. The molecule has 0 spiro atoms. The van der Waals surface area contributed by atoms with E-state index in [9.17, 15) is 4.79 Å². The SMILES string of the molecule is CCNc1ccc(Cl)c(C(=O)N(CC)CCC#N)n1. The van der Waals surface area contributed by atoms with E-state index in [1.165, 1.54) is 0 Å². The number of amides is 1. The molecule has 0 radical (unpaired) electrons. The Morgan fingerprint density at radius 3 is 2.84 bits per heavy atom. The van der Waals surface area contributed by atoms with Crippen LogP contribution in [0.25, 0.3) is 0 Å². The summed E-state index contributed by atoms with van der Waals surface area (Å²) in [5.41, 5.74) is 0.222. The number of pyridine rings is 1. The van der Waals surface area contributed by atoms with E-state index in [4.69, 9.17) is 16.9 Å². The van der Waals surface area contributed by atoms with Gasteiger partial charge in [0.15, 0.2) is 0 Å². The molecule has 0 atom stereocenters. The summed E-state index contributed by atoms with van der Waals surface area (Å²) in [6.45, 7) is 5.42. The molecule has 0 fully saturated rings. The first kappa shape index (κ1) is 15.3. The van der Waals surface area contributed by atoms with Gasteiger partial charge in [0, 0.05) is 19.6 Å². The number of hydrogen-bond donors (Lipinski definition) is 1. The average molecular weight is 281 g/mol. The van der Waals surface area contributed by atoms with Crippen molar-refractivity contribution in [3.8, 4) is 6.07 Å². The second kappa shape index (κ2) is 7.59. The smallest absolute Gasteiger partial charge is 0.274 e. The molecular formula is C13H17ClN4O. The number of aromatic nitrogens is 1. The molecule has 1 rings (SSSR count). The number of carbonyl (C=O) groups excluding carboxylic acids is 1. The number of carbonyl (C=O) groups is 1. The highest BCUT2D eigenvalue weighted by Gasteiger charge is 2.19. The summed E-state index contributed by atoms with van der Waals surface area (Å²) in [6, 6.07) is 5.41. The molecule has 0 bridgehead atoms. The summed E-state index contributed by atoms with van der Waals surface area (Å²) in [5.74, 6) is 0.370. The van der Waals surface area contributed by atoms with Crippen molar-refractivity contribution >= 4 is 23.3 Å². The van der Waals surface area contributed by atoms with E-state index in [0.717, 1.165) is 0 Å². The minimum absolute atomic E-state index is 0.222. The summed E-state index contributed by atoms with van der Waals surface area (Å²) >= 11 is 6.02. The first-order chi connectivity index (χ1) is 9.13. The Balaban J connectivity index is 2.96. The van der Waals surface area contributed by atoms with E-state index < -0.39 is 0 Å². The van der Waals surface area contributed by atoms with Gasteiger partial charge in [-0.2, -0.15) is 5.26 Å². The molecule has 102 valence electrons. The first-order valence-electron chi connectivity index (χ1n) is 6.20. The van der Waals surface area contributed by atoms with Gasteiger partial charge in [0.05, 0.1) is 17.5 Å². The molecule has 0 saturated heterocycles.